The first kappa shape index (κ1) is 12.9. The fourth-order valence-electron chi connectivity index (χ4n) is 2.47. The zero-order chi connectivity index (χ0) is 14.4. The SMILES string of the molecule is CC(C)c1ccc(O)c2sc3cccc(O)c3c(=O)c12. The summed E-state index contributed by atoms with van der Waals surface area (Å²) in [6.07, 6.45) is 0. The smallest absolute Gasteiger partial charge is 0.200 e. The van der Waals surface area contributed by atoms with Gasteiger partial charge in [-0.05, 0) is 29.7 Å². The largest absolute Gasteiger partial charge is 0.507 e. The van der Waals surface area contributed by atoms with Gasteiger partial charge in [0.15, 0.2) is 5.43 Å². The van der Waals surface area contributed by atoms with Crippen LogP contribution < -0.4 is 5.43 Å². The lowest BCUT2D eigenvalue weighted by Crippen LogP contribution is -2.05. The molecular formula is C16H14O3S. The van der Waals surface area contributed by atoms with Crippen LogP contribution in [0.2, 0.25) is 0 Å². The lowest BCUT2D eigenvalue weighted by atomic mass is 9.98. The van der Waals surface area contributed by atoms with E-state index in [9.17, 15) is 15.0 Å². The summed E-state index contributed by atoms with van der Waals surface area (Å²) in [5.41, 5.74) is 0.677. The highest BCUT2D eigenvalue weighted by Crippen LogP contribution is 2.37. The maximum Gasteiger partial charge on any atom is 0.200 e. The minimum atomic E-state index is -0.216. The Hall–Kier alpha value is -2.07. The maximum atomic E-state index is 12.7. The molecule has 0 amide bonds. The van der Waals surface area contributed by atoms with Crippen LogP contribution in [0.1, 0.15) is 25.3 Å². The van der Waals surface area contributed by atoms with Gasteiger partial charge in [0, 0.05) is 10.1 Å². The van der Waals surface area contributed by atoms with Crippen molar-refractivity contribution >= 4 is 31.5 Å². The van der Waals surface area contributed by atoms with Gasteiger partial charge in [-0.2, -0.15) is 0 Å². The van der Waals surface area contributed by atoms with E-state index >= 15 is 0 Å². The van der Waals surface area contributed by atoms with E-state index in [1.54, 1.807) is 24.3 Å². The molecule has 0 atom stereocenters. The molecule has 2 aromatic carbocycles. The van der Waals surface area contributed by atoms with Crippen LogP contribution in [0, 0.1) is 0 Å². The minimum absolute atomic E-state index is 0.0105. The molecule has 20 heavy (non-hydrogen) atoms. The Morgan fingerprint density at radius 1 is 1.00 bits per heavy atom. The van der Waals surface area contributed by atoms with Crippen molar-refractivity contribution in [2.45, 2.75) is 19.8 Å². The number of aromatic hydroxyl groups is 2. The van der Waals surface area contributed by atoms with Crippen molar-refractivity contribution in [2.24, 2.45) is 0 Å². The summed E-state index contributed by atoms with van der Waals surface area (Å²) in [5, 5.41) is 20.8. The molecular weight excluding hydrogens is 272 g/mol. The lowest BCUT2D eigenvalue weighted by molar-refractivity contribution is 0.480. The zero-order valence-corrected chi connectivity index (χ0v) is 12.0. The van der Waals surface area contributed by atoms with Crippen molar-refractivity contribution in [3.63, 3.8) is 0 Å². The first-order valence-electron chi connectivity index (χ1n) is 6.41. The first-order chi connectivity index (χ1) is 9.50. The van der Waals surface area contributed by atoms with Gasteiger partial charge >= 0.3 is 0 Å². The van der Waals surface area contributed by atoms with Gasteiger partial charge in [-0.25, -0.2) is 0 Å². The van der Waals surface area contributed by atoms with Crippen molar-refractivity contribution in [1.82, 2.24) is 0 Å². The lowest BCUT2D eigenvalue weighted by Gasteiger charge is -2.11. The van der Waals surface area contributed by atoms with Crippen LogP contribution in [0.5, 0.6) is 11.5 Å². The van der Waals surface area contributed by atoms with Gasteiger partial charge < -0.3 is 10.2 Å². The van der Waals surface area contributed by atoms with Crippen LogP contribution in [0.25, 0.3) is 20.2 Å². The Labute approximate surface area is 119 Å². The predicted molar refractivity (Wildman–Crippen MR) is 83.0 cm³/mol. The second-order valence-corrected chi connectivity index (χ2v) is 6.17. The molecule has 0 aliphatic heterocycles. The Morgan fingerprint density at radius 2 is 1.75 bits per heavy atom. The zero-order valence-electron chi connectivity index (χ0n) is 11.2. The van der Waals surface area contributed by atoms with Crippen LogP contribution in [-0.2, 0) is 0 Å². The third-order valence-electron chi connectivity index (χ3n) is 3.46. The van der Waals surface area contributed by atoms with E-state index in [2.05, 4.69) is 0 Å². The minimum Gasteiger partial charge on any atom is -0.507 e. The predicted octanol–water partition coefficient (Wildman–Crippen LogP) is 3.95. The van der Waals surface area contributed by atoms with E-state index in [0.29, 0.717) is 20.2 Å². The van der Waals surface area contributed by atoms with Crippen molar-refractivity contribution in [2.75, 3.05) is 0 Å². The molecule has 1 aromatic heterocycles. The summed E-state index contributed by atoms with van der Waals surface area (Å²) in [5.74, 6) is 0.266. The average Bonchev–Trinajstić information content (AvgIpc) is 2.39. The highest BCUT2D eigenvalue weighted by Gasteiger charge is 2.16. The fourth-order valence-corrected chi connectivity index (χ4v) is 3.62. The summed E-state index contributed by atoms with van der Waals surface area (Å²) in [4.78, 5) is 12.7. The van der Waals surface area contributed by atoms with E-state index in [1.165, 1.54) is 17.4 Å². The van der Waals surface area contributed by atoms with Gasteiger partial charge in [0.25, 0.3) is 0 Å². The standard InChI is InChI=1S/C16H14O3S/c1-8(2)9-6-7-11(18)16-13(9)15(19)14-10(17)4-3-5-12(14)20-16/h3-8,17-18H,1-2H3. The second-order valence-electron chi connectivity index (χ2n) is 5.11. The Bertz CT molecular complexity index is 878. The van der Waals surface area contributed by atoms with E-state index in [1.807, 2.05) is 13.8 Å². The monoisotopic (exact) mass is 286 g/mol. The average molecular weight is 286 g/mol. The normalized spacial score (nSPS) is 11.6. The highest BCUT2D eigenvalue weighted by atomic mass is 32.1. The van der Waals surface area contributed by atoms with Gasteiger partial charge in [-0.1, -0.05) is 26.0 Å². The molecule has 0 spiro atoms. The molecule has 0 aliphatic rings. The fraction of sp³-hybridized carbons (Fsp3) is 0.188. The van der Waals surface area contributed by atoms with Crippen molar-refractivity contribution < 1.29 is 10.2 Å². The third kappa shape index (κ3) is 1.76. The molecule has 0 radical (unpaired) electrons. The van der Waals surface area contributed by atoms with E-state index < -0.39 is 0 Å². The van der Waals surface area contributed by atoms with Crippen LogP contribution in [0.3, 0.4) is 0 Å². The Kier molecular flexibility index (Phi) is 2.91. The summed E-state index contributed by atoms with van der Waals surface area (Å²) < 4.78 is 1.26. The quantitative estimate of drug-likeness (QED) is 0.666. The summed E-state index contributed by atoms with van der Waals surface area (Å²) in [7, 11) is 0. The number of phenols is 2. The summed E-state index contributed by atoms with van der Waals surface area (Å²) >= 11 is 1.33. The Morgan fingerprint density at radius 3 is 2.45 bits per heavy atom. The van der Waals surface area contributed by atoms with Gasteiger partial charge in [-0.3, -0.25) is 4.79 Å². The molecule has 0 fully saturated rings. The molecule has 3 rings (SSSR count). The van der Waals surface area contributed by atoms with Gasteiger partial charge in [-0.15, -0.1) is 11.3 Å². The van der Waals surface area contributed by atoms with Crippen LogP contribution in [0.15, 0.2) is 35.1 Å². The number of fused-ring (bicyclic) bond motifs is 2. The van der Waals surface area contributed by atoms with E-state index in [0.717, 1.165) is 5.56 Å². The van der Waals surface area contributed by atoms with Crippen molar-refractivity contribution in [1.29, 1.82) is 0 Å². The molecule has 0 aliphatic carbocycles. The maximum absolute atomic E-state index is 12.7. The Balaban J connectivity index is 2.64. The third-order valence-corrected chi connectivity index (χ3v) is 4.64. The number of hydrogen-bond donors (Lipinski definition) is 2. The number of phenolic OH excluding ortho intramolecular Hbond substituents is 2. The second kappa shape index (κ2) is 4.49. The molecule has 4 heteroatoms. The molecule has 2 N–H and O–H groups in total. The van der Waals surface area contributed by atoms with Crippen LogP contribution in [0.4, 0.5) is 0 Å². The number of rotatable bonds is 1. The summed E-state index contributed by atoms with van der Waals surface area (Å²) in [6.45, 7) is 4.01. The van der Waals surface area contributed by atoms with Crippen molar-refractivity contribution in [3.05, 3.63) is 46.1 Å². The van der Waals surface area contributed by atoms with Gasteiger partial charge in [0.05, 0.1) is 10.1 Å². The molecule has 3 nitrogen and oxygen atoms in total. The summed E-state index contributed by atoms with van der Waals surface area (Å²) in [6, 6.07) is 8.40. The van der Waals surface area contributed by atoms with E-state index in [-0.39, 0.29) is 22.8 Å². The van der Waals surface area contributed by atoms with Gasteiger partial charge in [0.2, 0.25) is 0 Å². The highest BCUT2D eigenvalue weighted by molar-refractivity contribution is 7.25. The molecule has 102 valence electrons. The van der Waals surface area contributed by atoms with Crippen LogP contribution in [-0.4, -0.2) is 10.2 Å². The molecule has 0 unspecified atom stereocenters. The molecule has 3 aromatic rings. The molecule has 0 bridgehead atoms. The molecule has 0 saturated carbocycles. The van der Waals surface area contributed by atoms with E-state index in [4.69, 9.17) is 0 Å². The first-order valence-corrected chi connectivity index (χ1v) is 7.22. The topological polar surface area (TPSA) is 57.5 Å². The molecule has 0 saturated heterocycles. The number of benzene rings is 2. The van der Waals surface area contributed by atoms with Gasteiger partial charge in [0.1, 0.15) is 11.5 Å². The van der Waals surface area contributed by atoms with Crippen LogP contribution >= 0.6 is 11.3 Å². The molecule has 1 heterocycles. The number of hydrogen-bond acceptors (Lipinski definition) is 4. The van der Waals surface area contributed by atoms with Crippen molar-refractivity contribution in [3.8, 4) is 11.5 Å².